The standard InChI is InChI=1S/C31H33F7N2O3/c1-17(21-11-23(30(33,34)35)15-24(12-21)31(36,37)38)43-27-16-40-26(29(27)20-3-5-25(32)6-4-20)13-22(14-28(40)42)19-7-9-39(10-8-19)18(2)41/h3-6,11-12,15,17,19,22,26-27,29H,7-10,13-14,16H2,1-2H3/t17?,22?,26-,27-,29?/m0/s1. The first-order valence-electron chi connectivity index (χ1n) is 14.4. The number of hydrogen-bond donors (Lipinski definition) is 0. The Morgan fingerprint density at radius 3 is 2.05 bits per heavy atom. The largest absolute Gasteiger partial charge is 0.416 e. The molecular formula is C31H33F7N2O3. The number of ether oxygens (including phenoxy) is 1. The summed E-state index contributed by atoms with van der Waals surface area (Å²) in [5.74, 6) is -0.767. The van der Waals surface area contributed by atoms with Crippen LogP contribution in [0.4, 0.5) is 30.7 Å². The van der Waals surface area contributed by atoms with Gasteiger partial charge in [-0.2, -0.15) is 26.3 Å². The molecule has 5 nitrogen and oxygen atoms in total. The summed E-state index contributed by atoms with van der Waals surface area (Å²) in [6, 6.07) is 6.76. The maximum atomic E-state index is 13.9. The van der Waals surface area contributed by atoms with Crippen molar-refractivity contribution in [3.8, 4) is 0 Å². The second-order valence-electron chi connectivity index (χ2n) is 11.9. The smallest absolute Gasteiger partial charge is 0.368 e. The molecule has 5 rings (SSSR count). The average molecular weight is 615 g/mol. The zero-order valence-electron chi connectivity index (χ0n) is 23.7. The molecule has 0 radical (unpaired) electrons. The lowest BCUT2D eigenvalue weighted by molar-refractivity contribution is -0.143. The van der Waals surface area contributed by atoms with Crippen LogP contribution >= 0.6 is 0 Å². The topological polar surface area (TPSA) is 49.9 Å². The molecule has 2 aromatic carbocycles. The molecule has 3 aliphatic heterocycles. The molecule has 5 atom stereocenters. The fourth-order valence-corrected chi connectivity index (χ4v) is 7.03. The van der Waals surface area contributed by atoms with E-state index in [-0.39, 0.29) is 47.9 Å². The summed E-state index contributed by atoms with van der Waals surface area (Å²) >= 11 is 0. The van der Waals surface area contributed by atoms with Crippen molar-refractivity contribution >= 4 is 11.8 Å². The summed E-state index contributed by atoms with van der Waals surface area (Å²) in [4.78, 5) is 28.7. The Labute approximate surface area is 245 Å². The van der Waals surface area contributed by atoms with Gasteiger partial charge in [0.1, 0.15) is 5.82 Å². The number of hydrogen-bond acceptors (Lipinski definition) is 3. The molecule has 0 saturated carbocycles. The van der Waals surface area contributed by atoms with Gasteiger partial charge in [0.05, 0.1) is 23.3 Å². The van der Waals surface area contributed by atoms with Gasteiger partial charge in [-0.3, -0.25) is 9.59 Å². The van der Waals surface area contributed by atoms with Crippen molar-refractivity contribution in [1.29, 1.82) is 0 Å². The molecule has 3 fully saturated rings. The number of rotatable bonds is 5. The second-order valence-corrected chi connectivity index (χ2v) is 11.9. The summed E-state index contributed by atoms with van der Waals surface area (Å²) < 4.78 is 101. The molecule has 0 N–H and O–H groups in total. The first-order valence-corrected chi connectivity index (χ1v) is 14.4. The van der Waals surface area contributed by atoms with Crippen molar-refractivity contribution in [2.75, 3.05) is 19.6 Å². The normalized spacial score (nSPS) is 26.0. The summed E-state index contributed by atoms with van der Waals surface area (Å²) in [5, 5.41) is 0. The highest BCUT2D eigenvalue weighted by Gasteiger charge is 2.50. The van der Waals surface area contributed by atoms with Crippen LogP contribution in [0.15, 0.2) is 42.5 Å². The molecular weight excluding hydrogens is 581 g/mol. The van der Waals surface area contributed by atoms with Crippen LogP contribution < -0.4 is 0 Å². The molecule has 0 aromatic heterocycles. The Kier molecular flexibility index (Phi) is 8.54. The van der Waals surface area contributed by atoms with Gasteiger partial charge in [0, 0.05) is 44.9 Å². The van der Waals surface area contributed by atoms with E-state index in [0.717, 1.165) is 12.8 Å². The molecule has 2 aromatic rings. The molecule has 3 heterocycles. The molecule has 3 aliphatic rings. The molecule has 234 valence electrons. The lowest BCUT2D eigenvalue weighted by Crippen LogP contribution is -2.47. The van der Waals surface area contributed by atoms with Crippen molar-refractivity contribution in [2.45, 2.75) is 76.1 Å². The highest BCUT2D eigenvalue weighted by Crippen LogP contribution is 2.47. The number of nitrogens with zero attached hydrogens (tertiary/aromatic N) is 2. The van der Waals surface area contributed by atoms with Crippen molar-refractivity contribution in [3.63, 3.8) is 0 Å². The predicted molar refractivity (Wildman–Crippen MR) is 142 cm³/mol. The first kappa shape index (κ1) is 31.3. The number of benzene rings is 2. The van der Waals surface area contributed by atoms with Crippen molar-refractivity contribution < 1.29 is 45.1 Å². The van der Waals surface area contributed by atoms with E-state index >= 15 is 0 Å². The molecule has 0 aliphatic carbocycles. The van der Waals surface area contributed by atoms with Crippen LogP contribution in [0.2, 0.25) is 0 Å². The SMILES string of the molecule is CC(=O)N1CCC(C2CC(=O)N3C[C@H](OC(C)c4cc(C(F)(F)F)cc(C(F)(F)F)c4)C(c4ccc(F)cc4)[C@@H]3C2)CC1. The number of carbonyl (C=O) groups is 2. The lowest BCUT2D eigenvalue weighted by Gasteiger charge is -2.42. The van der Waals surface area contributed by atoms with Crippen LogP contribution in [0.5, 0.6) is 0 Å². The molecule has 2 amide bonds. The summed E-state index contributed by atoms with van der Waals surface area (Å²) in [7, 11) is 0. The van der Waals surface area contributed by atoms with Gasteiger partial charge < -0.3 is 14.5 Å². The van der Waals surface area contributed by atoms with Gasteiger partial charge in [0.15, 0.2) is 0 Å². The van der Waals surface area contributed by atoms with Crippen LogP contribution in [0.1, 0.15) is 73.8 Å². The highest BCUT2D eigenvalue weighted by molar-refractivity contribution is 5.78. The van der Waals surface area contributed by atoms with Gasteiger partial charge in [-0.1, -0.05) is 12.1 Å². The minimum Gasteiger partial charge on any atom is -0.368 e. The molecule has 12 heteroatoms. The van der Waals surface area contributed by atoms with Gasteiger partial charge in [-0.25, -0.2) is 4.39 Å². The van der Waals surface area contributed by atoms with E-state index < -0.39 is 47.4 Å². The maximum Gasteiger partial charge on any atom is 0.416 e. The van der Waals surface area contributed by atoms with E-state index in [1.165, 1.54) is 26.0 Å². The third kappa shape index (κ3) is 6.68. The van der Waals surface area contributed by atoms with Crippen LogP contribution in [0, 0.1) is 17.7 Å². The molecule has 43 heavy (non-hydrogen) atoms. The summed E-state index contributed by atoms with van der Waals surface area (Å²) in [6.07, 6.45) is -9.46. The second kappa shape index (κ2) is 11.7. The van der Waals surface area contributed by atoms with Gasteiger partial charge in [-0.05, 0) is 79.5 Å². The zero-order chi connectivity index (χ0) is 31.3. The van der Waals surface area contributed by atoms with Gasteiger partial charge >= 0.3 is 12.4 Å². The molecule has 3 saturated heterocycles. The van der Waals surface area contributed by atoms with E-state index in [2.05, 4.69) is 0 Å². The van der Waals surface area contributed by atoms with E-state index in [0.29, 0.717) is 43.6 Å². The molecule has 0 bridgehead atoms. The number of likely N-dealkylation sites (tertiary alicyclic amines) is 1. The fourth-order valence-electron chi connectivity index (χ4n) is 7.03. The molecule has 3 unspecified atom stereocenters. The van der Waals surface area contributed by atoms with Gasteiger partial charge in [0.2, 0.25) is 11.8 Å². The Morgan fingerprint density at radius 1 is 0.930 bits per heavy atom. The quantitative estimate of drug-likeness (QED) is 0.342. The third-order valence-electron chi connectivity index (χ3n) is 9.26. The van der Waals surface area contributed by atoms with Gasteiger partial charge in [0.25, 0.3) is 0 Å². The van der Waals surface area contributed by atoms with E-state index in [1.807, 2.05) is 0 Å². The van der Waals surface area contributed by atoms with E-state index in [1.54, 1.807) is 21.9 Å². The van der Waals surface area contributed by atoms with Crippen LogP contribution in [0.3, 0.4) is 0 Å². The summed E-state index contributed by atoms with van der Waals surface area (Å²) in [6.45, 7) is 4.25. The van der Waals surface area contributed by atoms with E-state index in [9.17, 15) is 40.3 Å². The average Bonchev–Trinajstić information content (AvgIpc) is 3.30. The number of amides is 2. The monoisotopic (exact) mass is 614 g/mol. The van der Waals surface area contributed by atoms with Crippen molar-refractivity contribution in [1.82, 2.24) is 9.80 Å². The fraction of sp³-hybridized carbons (Fsp3) is 0.548. The van der Waals surface area contributed by atoms with Gasteiger partial charge in [-0.15, -0.1) is 0 Å². The van der Waals surface area contributed by atoms with Crippen molar-refractivity contribution in [3.05, 3.63) is 70.5 Å². The third-order valence-corrected chi connectivity index (χ3v) is 9.26. The first-order chi connectivity index (χ1) is 20.1. The number of piperidine rings is 2. The number of halogens is 7. The van der Waals surface area contributed by atoms with Crippen LogP contribution in [0.25, 0.3) is 0 Å². The minimum atomic E-state index is -5.00. The van der Waals surface area contributed by atoms with E-state index in [4.69, 9.17) is 4.74 Å². The molecule has 0 spiro atoms. The Morgan fingerprint density at radius 2 is 1.51 bits per heavy atom. The number of carbonyl (C=O) groups excluding carboxylic acids is 2. The predicted octanol–water partition coefficient (Wildman–Crippen LogP) is 6.97. The Hall–Kier alpha value is -3.15. The summed E-state index contributed by atoms with van der Waals surface area (Å²) in [5.41, 5.74) is -2.47. The Bertz CT molecular complexity index is 1300. The van der Waals surface area contributed by atoms with Crippen LogP contribution in [-0.4, -0.2) is 53.4 Å². The minimum absolute atomic E-state index is 0.00810. The lowest BCUT2D eigenvalue weighted by atomic mass is 9.74. The number of alkyl halides is 6. The van der Waals surface area contributed by atoms with Crippen LogP contribution in [-0.2, 0) is 26.7 Å². The highest BCUT2D eigenvalue weighted by atomic mass is 19.4. The van der Waals surface area contributed by atoms with Crippen molar-refractivity contribution in [2.24, 2.45) is 11.8 Å². The zero-order valence-corrected chi connectivity index (χ0v) is 23.7. The Balaban J connectivity index is 1.43. The maximum absolute atomic E-state index is 13.9. The number of fused-ring (bicyclic) bond motifs is 1.